The fourth-order valence-electron chi connectivity index (χ4n) is 5.10. The van der Waals surface area contributed by atoms with Crippen molar-refractivity contribution in [3.63, 3.8) is 0 Å². The number of carbonyl (C=O) groups excluding carboxylic acids is 1. The number of benzene rings is 2. The lowest BCUT2D eigenvalue weighted by molar-refractivity contribution is 0.0564. The van der Waals surface area contributed by atoms with E-state index in [1.165, 1.54) is 0 Å². The number of aromatic nitrogens is 2. The van der Waals surface area contributed by atoms with Crippen molar-refractivity contribution in [2.45, 2.75) is 53.6 Å². The van der Waals surface area contributed by atoms with Crippen LogP contribution in [0.1, 0.15) is 64.9 Å². The summed E-state index contributed by atoms with van der Waals surface area (Å²) in [5.74, 6) is 1.07. The Labute approximate surface area is 214 Å². The maximum absolute atomic E-state index is 14.1. The highest BCUT2D eigenvalue weighted by Gasteiger charge is 2.35. The molecule has 0 saturated carbocycles. The molecule has 2 aromatic carbocycles. The van der Waals surface area contributed by atoms with E-state index in [0.29, 0.717) is 36.0 Å². The fourth-order valence-corrected chi connectivity index (χ4v) is 5.10. The van der Waals surface area contributed by atoms with Gasteiger partial charge >= 0.3 is 0 Å². The Morgan fingerprint density at radius 1 is 1.08 bits per heavy atom. The van der Waals surface area contributed by atoms with Crippen molar-refractivity contribution in [2.75, 3.05) is 19.6 Å². The van der Waals surface area contributed by atoms with Crippen molar-refractivity contribution in [3.05, 3.63) is 98.7 Å². The van der Waals surface area contributed by atoms with Crippen molar-refractivity contribution < 1.29 is 4.79 Å². The van der Waals surface area contributed by atoms with Crippen LogP contribution in [0.25, 0.3) is 0 Å². The maximum atomic E-state index is 14.1. The van der Waals surface area contributed by atoms with Crippen LogP contribution in [0, 0.1) is 32.6 Å². The summed E-state index contributed by atoms with van der Waals surface area (Å²) in [7, 11) is 0. The molecule has 3 aromatic rings. The van der Waals surface area contributed by atoms with Crippen LogP contribution in [0.15, 0.2) is 59.4 Å². The first-order chi connectivity index (χ1) is 17.3. The molecule has 190 valence electrons. The van der Waals surface area contributed by atoms with Gasteiger partial charge in [0.15, 0.2) is 0 Å². The zero-order valence-electron chi connectivity index (χ0n) is 22.1. The average Bonchev–Trinajstić information content (AvgIpc) is 3.38. The Kier molecular flexibility index (Phi) is 8.04. The van der Waals surface area contributed by atoms with Gasteiger partial charge in [-0.3, -0.25) is 9.59 Å². The van der Waals surface area contributed by atoms with Gasteiger partial charge in [-0.15, -0.1) is 0 Å². The van der Waals surface area contributed by atoms with Gasteiger partial charge in [0.05, 0.1) is 6.04 Å². The summed E-state index contributed by atoms with van der Waals surface area (Å²) < 4.78 is 2.14. The molecule has 6 heteroatoms. The van der Waals surface area contributed by atoms with Gasteiger partial charge in [0, 0.05) is 29.9 Å². The van der Waals surface area contributed by atoms with Crippen molar-refractivity contribution in [2.24, 2.45) is 11.8 Å². The quantitative estimate of drug-likeness (QED) is 0.503. The number of aryl methyl sites for hydroxylation is 1. The second-order valence-electron chi connectivity index (χ2n) is 10.4. The van der Waals surface area contributed by atoms with Crippen molar-refractivity contribution >= 4 is 5.91 Å². The highest BCUT2D eigenvalue weighted by atomic mass is 16.2. The predicted octanol–water partition coefficient (Wildman–Crippen LogP) is 4.67. The molecule has 1 aliphatic rings. The number of hydrogen-bond donors (Lipinski definition) is 1. The summed E-state index contributed by atoms with van der Waals surface area (Å²) >= 11 is 0. The van der Waals surface area contributed by atoms with Gasteiger partial charge < -0.3 is 14.8 Å². The molecule has 2 heterocycles. The fraction of sp³-hybridized carbons (Fsp3) is 0.433. The molecule has 2 atom stereocenters. The minimum Gasteiger partial charge on any atom is -0.328 e. The second-order valence-corrected chi connectivity index (χ2v) is 10.4. The van der Waals surface area contributed by atoms with Gasteiger partial charge in [-0.25, -0.2) is 0 Å². The van der Waals surface area contributed by atoms with E-state index in [0.717, 1.165) is 36.3 Å². The van der Waals surface area contributed by atoms with E-state index in [2.05, 4.69) is 40.8 Å². The molecule has 2 unspecified atom stereocenters. The zero-order valence-corrected chi connectivity index (χ0v) is 22.1. The SMILES string of the molecule is Cc1ccc(C(=O)N(CC2CCNC2)C(c2nc(=O)c(C)c(C)n2Cc2ccccc2)C(C)C)cc1. The lowest BCUT2D eigenvalue weighted by atomic mass is 9.96. The summed E-state index contributed by atoms with van der Waals surface area (Å²) in [6.07, 6.45) is 1.03. The van der Waals surface area contributed by atoms with Gasteiger partial charge in [0.25, 0.3) is 11.5 Å². The van der Waals surface area contributed by atoms with Gasteiger partial charge in [0.2, 0.25) is 0 Å². The highest BCUT2D eigenvalue weighted by molar-refractivity contribution is 5.94. The molecular weight excluding hydrogens is 448 g/mol. The minimum absolute atomic E-state index is 0.0145. The smallest absolute Gasteiger partial charge is 0.276 e. The second kappa shape index (κ2) is 11.2. The summed E-state index contributed by atoms with van der Waals surface area (Å²) in [6, 6.07) is 17.6. The number of nitrogens with one attached hydrogen (secondary N) is 1. The van der Waals surface area contributed by atoms with E-state index in [9.17, 15) is 9.59 Å². The van der Waals surface area contributed by atoms with Crippen LogP contribution in [0.2, 0.25) is 0 Å². The topological polar surface area (TPSA) is 67.2 Å². The molecule has 0 bridgehead atoms. The average molecular weight is 487 g/mol. The normalized spacial score (nSPS) is 16.3. The number of carbonyl (C=O) groups is 1. The predicted molar refractivity (Wildman–Crippen MR) is 144 cm³/mol. The number of amides is 1. The Bertz CT molecular complexity index is 1240. The molecule has 1 fully saturated rings. The van der Waals surface area contributed by atoms with Crippen LogP contribution in [0.4, 0.5) is 0 Å². The Morgan fingerprint density at radius 3 is 2.39 bits per heavy atom. The largest absolute Gasteiger partial charge is 0.328 e. The third kappa shape index (κ3) is 5.59. The van der Waals surface area contributed by atoms with E-state index < -0.39 is 0 Å². The Balaban J connectivity index is 1.85. The third-order valence-corrected chi connectivity index (χ3v) is 7.35. The number of nitrogens with zero attached hydrogens (tertiary/aromatic N) is 3. The van der Waals surface area contributed by atoms with Crippen molar-refractivity contribution in [1.29, 1.82) is 0 Å². The zero-order chi connectivity index (χ0) is 25.8. The van der Waals surface area contributed by atoms with E-state index in [4.69, 9.17) is 0 Å². The third-order valence-electron chi connectivity index (χ3n) is 7.35. The van der Waals surface area contributed by atoms with E-state index in [1.807, 2.05) is 68.1 Å². The lowest BCUT2D eigenvalue weighted by Gasteiger charge is -2.37. The van der Waals surface area contributed by atoms with Gasteiger partial charge in [0.1, 0.15) is 5.82 Å². The first kappa shape index (κ1) is 25.8. The van der Waals surface area contributed by atoms with Crippen molar-refractivity contribution in [3.8, 4) is 0 Å². The molecule has 6 nitrogen and oxygen atoms in total. The molecule has 4 rings (SSSR count). The highest BCUT2D eigenvalue weighted by Crippen LogP contribution is 2.31. The monoisotopic (exact) mass is 486 g/mol. The maximum Gasteiger partial charge on any atom is 0.276 e. The molecule has 1 N–H and O–H groups in total. The van der Waals surface area contributed by atoms with E-state index in [-0.39, 0.29) is 23.4 Å². The summed E-state index contributed by atoms with van der Waals surface area (Å²) in [5, 5.41) is 3.43. The molecule has 0 aliphatic carbocycles. The van der Waals surface area contributed by atoms with Gasteiger partial charge in [-0.2, -0.15) is 4.98 Å². The van der Waals surface area contributed by atoms with Crippen LogP contribution in [0.5, 0.6) is 0 Å². The minimum atomic E-state index is -0.338. The van der Waals surface area contributed by atoms with E-state index in [1.54, 1.807) is 0 Å². The summed E-state index contributed by atoms with van der Waals surface area (Å²) in [6.45, 7) is 13.1. The lowest BCUT2D eigenvalue weighted by Crippen LogP contribution is -2.43. The first-order valence-corrected chi connectivity index (χ1v) is 13.0. The Hall–Kier alpha value is -3.25. The van der Waals surface area contributed by atoms with Crippen LogP contribution >= 0.6 is 0 Å². The summed E-state index contributed by atoms with van der Waals surface area (Å²) in [5.41, 5.74) is 4.23. The molecule has 36 heavy (non-hydrogen) atoms. The van der Waals surface area contributed by atoms with Crippen LogP contribution < -0.4 is 10.9 Å². The van der Waals surface area contributed by atoms with Gasteiger partial charge in [-0.05, 0) is 69.8 Å². The standard InChI is InChI=1S/C30H38N4O2/c1-20(2)27(28-32-29(35)22(4)23(5)33(28)18-24-9-7-6-8-10-24)34(19-25-15-16-31-17-25)30(36)26-13-11-21(3)12-14-26/h6-14,20,25,27,31H,15-19H2,1-5H3. The molecule has 1 saturated heterocycles. The molecule has 0 spiro atoms. The van der Waals surface area contributed by atoms with Crippen molar-refractivity contribution in [1.82, 2.24) is 19.8 Å². The summed E-state index contributed by atoms with van der Waals surface area (Å²) in [4.78, 5) is 33.7. The molecule has 1 amide bonds. The number of rotatable bonds is 8. The molecular formula is C30H38N4O2. The molecule has 0 radical (unpaired) electrons. The van der Waals surface area contributed by atoms with Crippen LogP contribution in [0.3, 0.4) is 0 Å². The van der Waals surface area contributed by atoms with Gasteiger partial charge in [-0.1, -0.05) is 61.9 Å². The molecule has 1 aliphatic heterocycles. The van der Waals surface area contributed by atoms with E-state index >= 15 is 0 Å². The van der Waals surface area contributed by atoms with Crippen LogP contribution in [-0.2, 0) is 6.54 Å². The number of hydrogen-bond acceptors (Lipinski definition) is 4. The Morgan fingerprint density at radius 2 is 1.78 bits per heavy atom. The van der Waals surface area contributed by atoms with Crippen LogP contribution in [-0.4, -0.2) is 40.0 Å². The first-order valence-electron chi connectivity index (χ1n) is 13.0. The molecule has 1 aromatic heterocycles.